The zero-order valence-corrected chi connectivity index (χ0v) is 10.3. The highest BCUT2D eigenvalue weighted by Gasteiger charge is 2.22. The molecule has 1 unspecified atom stereocenters. The Morgan fingerprint density at radius 1 is 1.41 bits per heavy atom. The molecule has 1 saturated heterocycles. The molecular formula is C14H20N2O. The van der Waals surface area contributed by atoms with Crippen molar-refractivity contribution >= 4 is 5.91 Å². The van der Waals surface area contributed by atoms with Crippen LogP contribution in [0.2, 0.25) is 0 Å². The number of nitrogens with one attached hydrogen (secondary N) is 2. The van der Waals surface area contributed by atoms with Crippen LogP contribution in [0, 0.1) is 5.92 Å². The van der Waals surface area contributed by atoms with Gasteiger partial charge in [-0.05, 0) is 31.9 Å². The molecule has 2 atom stereocenters. The molecule has 3 heteroatoms. The Morgan fingerprint density at radius 2 is 2.18 bits per heavy atom. The van der Waals surface area contributed by atoms with E-state index in [4.69, 9.17) is 0 Å². The van der Waals surface area contributed by atoms with E-state index < -0.39 is 0 Å². The molecule has 0 spiro atoms. The Bertz CT molecular complexity index is 358. The molecule has 92 valence electrons. The summed E-state index contributed by atoms with van der Waals surface area (Å²) in [4.78, 5) is 12.0. The molecule has 1 aliphatic rings. The van der Waals surface area contributed by atoms with Crippen molar-refractivity contribution < 1.29 is 4.79 Å². The average molecular weight is 232 g/mol. The lowest BCUT2D eigenvalue weighted by atomic mass is 9.98. The minimum atomic E-state index is 0.0885. The minimum absolute atomic E-state index is 0.0885. The highest BCUT2D eigenvalue weighted by atomic mass is 16.1. The molecular weight excluding hydrogens is 212 g/mol. The van der Waals surface area contributed by atoms with Gasteiger partial charge in [0.15, 0.2) is 0 Å². The molecule has 2 rings (SSSR count). The zero-order chi connectivity index (χ0) is 12.1. The fourth-order valence-corrected chi connectivity index (χ4v) is 2.23. The summed E-state index contributed by atoms with van der Waals surface area (Å²) >= 11 is 0. The Morgan fingerprint density at radius 3 is 2.82 bits per heavy atom. The summed E-state index contributed by atoms with van der Waals surface area (Å²) in [5.41, 5.74) is 1.16. The molecule has 0 aliphatic carbocycles. The van der Waals surface area contributed by atoms with Gasteiger partial charge in [-0.15, -0.1) is 0 Å². The monoisotopic (exact) mass is 232 g/mol. The Labute approximate surface area is 103 Å². The number of benzene rings is 1. The largest absolute Gasteiger partial charge is 0.349 e. The van der Waals surface area contributed by atoms with Gasteiger partial charge in [-0.2, -0.15) is 0 Å². The van der Waals surface area contributed by atoms with Crippen molar-refractivity contribution in [1.29, 1.82) is 0 Å². The molecule has 3 nitrogen and oxygen atoms in total. The second kappa shape index (κ2) is 5.82. The van der Waals surface area contributed by atoms with Gasteiger partial charge in [0.05, 0.1) is 12.0 Å². The summed E-state index contributed by atoms with van der Waals surface area (Å²) in [7, 11) is 0. The van der Waals surface area contributed by atoms with Crippen LogP contribution in [-0.2, 0) is 4.79 Å². The predicted molar refractivity (Wildman–Crippen MR) is 68.6 cm³/mol. The molecule has 0 saturated carbocycles. The first-order valence-corrected chi connectivity index (χ1v) is 6.33. The van der Waals surface area contributed by atoms with Gasteiger partial charge in [0.2, 0.25) is 5.91 Å². The fraction of sp³-hybridized carbons (Fsp3) is 0.500. The normalized spacial score (nSPS) is 21.8. The van der Waals surface area contributed by atoms with Gasteiger partial charge >= 0.3 is 0 Å². The number of amides is 1. The lowest BCUT2D eigenvalue weighted by Crippen LogP contribution is -2.41. The van der Waals surface area contributed by atoms with Crippen molar-refractivity contribution in [3.05, 3.63) is 35.9 Å². The van der Waals surface area contributed by atoms with Crippen LogP contribution in [0.15, 0.2) is 30.3 Å². The second-order valence-corrected chi connectivity index (χ2v) is 4.68. The van der Waals surface area contributed by atoms with Crippen LogP contribution in [0.4, 0.5) is 0 Å². The van der Waals surface area contributed by atoms with Crippen LogP contribution >= 0.6 is 0 Å². The van der Waals surface area contributed by atoms with Crippen molar-refractivity contribution in [1.82, 2.24) is 10.6 Å². The average Bonchev–Trinajstić information content (AvgIpc) is 2.40. The maximum atomic E-state index is 12.0. The van der Waals surface area contributed by atoms with E-state index in [0.717, 1.165) is 31.5 Å². The summed E-state index contributed by atoms with van der Waals surface area (Å²) in [6.45, 7) is 3.88. The molecule has 1 amide bonds. The summed E-state index contributed by atoms with van der Waals surface area (Å²) in [6, 6.07) is 10.2. The third kappa shape index (κ3) is 3.30. The SMILES string of the molecule is CC(NC(=O)[C@H]1CCCNC1)c1ccccc1. The van der Waals surface area contributed by atoms with Crippen LogP contribution < -0.4 is 10.6 Å². The Hall–Kier alpha value is -1.35. The third-order valence-corrected chi connectivity index (χ3v) is 3.33. The first-order chi connectivity index (χ1) is 8.27. The van der Waals surface area contributed by atoms with E-state index in [1.807, 2.05) is 37.3 Å². The molecule has 0 bridgehead atoms. The number of carbonyl (C=O) groups excluding carboxylic acids is 1. The van der Waals surface area contributed by atoms with E-state index in [2.05, 4.69) is 10.6 Å². The van der Waals surface area contributed by atoms with Crippen LogP contribution in [0.1, 0.15) is 31.4 Å². The van der Waals surface area contributed by atoms with Gasteiger partial charge in [-0.1, -0.05) is 30.3 Å². The molecule has 1 aromatic rings. The van der Waals surface area contributed by atoms with Crippen molar-refractivity contribution in [2.24, 2.45) is 5.92 Å². The summed E-state index contributed by atoms with van der Waals surface area (Å²) < 4.78 is 0. The van der Waals surface area contributed by atoms with E-state index >= 15 is 0 Å². The van der Waals surface area contributed by atoms with E-state index in [1.165, 1.54) is 0 Å². The second-order valence-electron chi connectivity index (χ2n) is 4.68. The van der Waals surface area contributed by atoms with Crippen molar-refractivity contribution in [2.45, 2.75) is 25.8 Å². The van der Waals surface area contributed by atoms with Crippen molar-refractivity contribution in [3.63, 3.8) is 0 Å². The van der Waals surface area contributed by atoms with E-state index in [9.17, 15) is 4.79 Å². The first kappa shape index (κ1) is 12.1. The summed E-state index contributed by atoms with van der Waals surface area (Å²) in [5, 5.41) is 6.35. The topological polar surface area (TPSA) is 41.1 Å². The molecule has 1 aliphatic heterocycles. The Balaban J connectivity index is 1.89. The number of rotatable bonds is 3. The van der Waals surface area contributed by atoms with Crippen molar-refractivity contribution in [3.8, 4) is 0 Å². The zero-order valence-electron chi connectivity index (χ0n) is 10.3. The van der Waals surface area contributed by atoms with Crippen molar-refractivity contribution in [2.75, 3.05) is 13.1 Å². The molecule has 17 heavy (non-hydrogen) atoms. The van der Waals surface area contributed by atoms with Crippen LogP contribution in [0.5, 0.6) is 0 Å². The standard InChI is InChI=1S/C14H20N2O/c1-11(12-6-3-2-4-7-12)16-14(17)13-8-5-9-15-10-13/h2-4,6-7,11,13,15H,5,8-10H2,1H3,(H,16,17)/t11?,13-/m0/s1. The van der Waals surface area contributed by atoms with Crippen LogP contribution in [0.25, 0.3) is 0 Å². The van der Waals surface area contributed by atoms with Gasteiger partial charge in [-0.25, -0.2) is 0 Å². The van der Waals surface area contributed by atoms with Gasteiger partial charge in [-0.3, -0.25) is 4.79 Å². The quantitative estimate of drug-likeness (QED) is 0.835. The van der Waals surface area contributed by atoms with E-state index in [-0.39, 0.29) is 17.9 Å². The maximum absolute atomic E-state index is 12.0. The first-order valence-electron chi connectivity index (χ1n) is 6.33. The van der Waals surface area contributed by atoms with Crippen LogP contribution in [-0.4, -0.2) is 19.0 Å². The van der Waals surface area contributed by atoms with Gasteiger partial charge in [0, 0.05) is 6.54 Å². The highest BCUT2D eigenvalue weighted by molar-refractivity contribution is 5.79. The van der Waals surface area contributed by atoms with Gasteiger partial charge in [0.1, 0.15) is 0 Å². The highest BCUT2D eigenvalue weighted by Crippen LogP contribution is 2.15. The molecule has 1 fully saturated rings. The minimum Gasteiger partial charge on any atom is -0.349 e. The predicted octanol–water partition coefficient (Wildman–Crippen LogP) is 1.86. The van der Waals surface area contributed by atoms with Gasteiger partial charge in [0.25, 0.3) is 0 Å². The molecule has 2 N–H and O–H groups in total. The number of hydrogen-bond acceptors (Lipinski definition) is 2. The number of piperidine rings is 1. The van der Waals surface area contributed by atoms with Gasteiger partial charge < -0.3 is 10.6 Å². The molecule has 0 radical (unpaired) electrons. The van der Waals surface area contributed by atoms with E-state index in [1.54, 1.807) is 0 Å². The molecule has 1 aromatic carbocycles. The lowest BCUT2D eigenvalue weighted by molar-refractivity contribution is -0.126. The van der Waals surface area contributed by atoms with Crippen LogP contribution in [0.3, 0.4) is 0 Å². The number of hydrogen-bond donors (Lipinski definition) is 2. The molecule has 0 aromatic heterocycles. The van der Waals surface area contributed by atoms with E-state index in [0.29, 0.717) is 0 Å². The number of carbonyl (C=O) groups is 1. The summed E-state index contributed by atoms with van der Waals surface area (Å²) in [5.74, 6) is 0.309. The maximum Gasteiger partial charge on any atom is 0.224 e. The fourth-order valence-electron chi connectivity index (χ4n) is 2.23. The third-order valence-electron chi connectivity index (χ3n) is 3.33. The summed E-state index contributed by atoms with van der Waals surface area (Å²) in [6.07, 6.45) is 2.10. The Kier molecular flexibility index (Phi) is 4.15. The molecule has 1 heterocycles. The lowest BCUT2D eigenvalue weighted by Gasteiger charge is -2.24. The smallest absolute Gasteiger partial charge is 0.224 e.